The van der Waals surface area contributed by atoms with Crippen molar-refractivity contribution in [3.63, 3.8) is 0 Å². The monoisotopic (exact) mass is 463 g/mol. The Kier molecular flexibility index (Phi) is 5.44. The van der Waals surface area contributed by atoms with Crippen molar-refractivity contribution >= 4 is 60.9 Å². The molecule has 2 aromatic carbocycles. The minimum absolute atomic E-state index is 0.0748. The summed E-state index contributed by atoms with van der Waals surface area (Å²) >= 11 is 2.97. The number of thiazole rings is 1. The fourth-order valence-electron chi connectivity index (χ4n) is 3.73. The Bertz CT molecular complexity index is 1470. The Labute approximate surface area is 192 Å². The topological polar surface area (TPSA) is 81.4 Å². The minimum Gasteiger partial charge on any atom is -0.497 e. The van der Waals surface area contributed by atoms with Crippen molar-refractivity contribution in [2.45, 2.75) is 25.4 Å². The average Bonchev–Trinajstić information content (AvgIpc) is 3.36. The van der Waals surface area contributed by atoms with Gasteiger partial charge >= 0.3 is 0 Å². The first kappa shape index (κ1) is 20.7. The van der Waals surface area contributed by atoms with Gasteiger partial charge in [0, 0.05) is 17.6 Å². The summed E-state index contributed by atoms with van der Waals surface area (Å²) in [5.74, 6) is 1.29. The summed E-state index contributed by atoms with van der Waals surface area (Å²) in [6.07, 6.45) is 0.349. The Morgan fingerprint density at radius 3 is 2.88 bits per heavy atom. The van der Waals surface area contributed by atoms with Gasteiger partial charge in [0.2, 0.25) is 5.91 Å². The first-order chi connectivity index (χ1) is 15.5. The molecule has 0 unspecified atom stereocenters. The van der Waals surface area contributed by atoms with E-state index in [4.69, 9.17) is 4.74 Å². The van der Waals surface area contributed by atoms with Crippen molar-refractivity contribution in [1.29, 1.82) is 0 Å². The molecule has 3 aromatic heterocycles. The van der Waals surface area contributed by atoms with Crippen LogP contribution in [-0.4, -0.2) is 38.4 Å². The van der Waals surface area contributed by atoms with E-state index in [-0.39, 0.29) is 5.91 Å². The van der Waals surface area contributed by atoms with E-state index in [1.807, 2.05) is 24.3 Å². The highest BCUT2D eigenvalue weighted by molar-refractivity contribution is 7.99. The number of benzene rings is 2. The molecule has 0 aliphatic heterocycles. The van der Waals surface area contributed by atoms with Gasteiger partial charge in [-0.1, -0.05) is 41.3 Å². The van der Waals surface area contributed by atoms with E-state index >= 15 is 0 Å². The van der Waals surface area contributed by atoms with Crippen LogP contribution in [0.1, 0.15) is 17.5 Å². The van der Waals surface area contributed by atoms with Crippen molar-refractivity contribution in [2.24, 2.45) is 0 Å². The van der Waals surface area contributed by atoms with Gasteiger partial charge in [-0.05, 0) is 49.2 Å². The number of carbonyl (C=O) groups excluding carboxylic acids is 1. The maximum Gasteiger partial charge on any atom is 0.226 e. The number of nitrogens with one attached hydrogen (secondary N) is 1. The molecule has 0 saturated heterocycles. The number of hydrogen-bond donors (Lipinski definition) is 1. The predicted molar refractivity (Wildman–Crippen MR) is 130 cm³/mol. The minimum atomic E-state index is -0.0748. The smallest absolute Gasteiger partial charge is 0.226 e. The number of fused-ring (bicyclic) bond motifs is 4. The number of pyridine rings is 1. The second-order valence-electron chi connectivity index (χ2n) is 7.47. The number of rotatable bonds is 6. The number of para-hydroxylation sites is 1. The van der Waals surface area contributed by atoms with Gasteiger partial charge in [0.15, 0.2) is 15.9 Å². The maximum absolute atomic E-state index is 12.5. The quantitative estimate of drug-likeness (QED) is 0.347. The normalized spacial score (nSPS) is 11.5. The van der Waals surface area contributed by atoms with Crippen molar-refractivity contribution in [3.05, 3.63) is 53.6 Å². The number of aryl methyl sites for hydroxylation is 2. The molecular weight excluding hydrogens is 442 g/mol. The van der Waals surface area contributed by atoms with Gasteiger partial charge in [0.25, 0.3) is 0 Å². The molecule has 0 aliphatic rings. The summed E-state index contributed by atoms with van der Waals surface area (Å²) in [6, 6.07) is 14.0. The highest BCUT2D eigenvalue weighted by atomic mass is 32.2. The molecule has 9 heteroatoms. The number of nitrogens with zero attached hydrogens (tertiary/aromatic N) is 4. The molecule has 7 nitrogen and oxygen atoms in total. The fourth-order valence-corrected chi connectivity index (χ4v) is 5.52. The lowest BCUT2D eigenvalue weighted by Gasteiger charge is -2.09. The van der Waals surface area contributed by atoms with Crippen LogP contribution in [0.25, 0.3) is 26.8 Å². The van der Waals surface area contributed by atoms with Crippen molar-refractivity contribution < 1.29 is 9.53 Å². The SMILES string of the molecule is COc1ccc2nc(NC(=O)CCSc3nnc4cc(C)c5cccc(C)c5n34)sc2c1. The number of carbonyl (C=O) groups is 1. The Hall–Kier alpha value is -3.17. The summed E-state index contributed by atoms with van der Waals surface area (Å²) < 4.78 is 8.31. The molecule has 0 aliphatic carbocycles. The highest BCUT2D eigenvalue weighted by Gasteiger charge is 2.14. The van der Waals surface area contributed by atoms with Crippen LogP contribution in [0.5, 0.6) is 5.75 Å². The van der Waals surface area contributed by atoms with Gasteiger partial charge in [-0.15, -0.1) is 10.2 Å². The zero-order valence-electron chi connectivity index (χ0n) is 17.9. The molecule has 0 radical (unpaired) electrons. The van der Waals surface area contributed by atoms with E-state index in [1.165, 1.54) is 39.6 Å². The van der Waals surface area contributed by atoms with Crippen molar-refractivity contribution in [2.75, 3.05) is 18.2 Å². The molecule has 0 saturated carbocycles. The molecule has 0 spiro atoms. The van der Waals surface area contributed by atoms with E-state index in [0.717, 1.165) is 32.3 Å². The van der Waals surface area contributed by atoms with Crippen LogP contribution < -0.4 is 10.1 Å². The lowest BCUT2D eigenvalue weighted by Crippen LogP contribution is -2.12. The Balaban J connectivity index is 1.30. The largest absolute Gasteiger partial charge is 0.497 e. The molecule has 32 heavy (non-hydrogen) atoms. The van der Waals surface area contributed by atoms with Gasteiger partial charge < -0.3 is 10.1 Å². The molecule has 5 aromatic rings. The number of aromatic nitrogens is 4. The number of ether oxygens (including phenoxy) is 1. The average molecular weight is 464 g/mol. The molecule has 0 bridgehead atoms. The van der Waals surface area contributed by atoms with Crippen LogP contribution in [0.2, 0.25) is 0 Å². The molecule has 0 atom stereocenters. The second kappa shape index (κ2) is 8.40. The molecule has 1 amide bonds. The van der Waals surface area contributed by atoms with Crippen molar-refractivity contribution in [3.8, 4) is 5.75 Å². The zero-order valence-corrected chi connectivity index (χ0v) is 19.5. The van der Waals surface area contributed by atoms with Crippen LogP contribution >= 0.6 is 23.1 Å². The fraction of sp³-hybridized carbons (Fsp3) is 0.217. The third-order valence-corrected chi connectivity index (χ3v) is 7.16. The number of amides is 1. The summed E-state index contributed by atoms with van der Waals surface area (Å²) in [4.78, 5) is 17.0. The lowest BCUT2D eigenvalue weighted by molar-refractivity contribution is -0.115. The second-order valence-corrected chi connectivity index (χ2v) is 9.57. The van der Waals surface area contributed by atoms with E-state index < -0.39 is 0 Å². The van der Waals surface area contributed by atoms with Gasteiger partial charge in [-0.25, -0.2) is 4.98 Å². The molecule has 162 valence electrons. The van der Waals surface area contributed by atoms with Gasteiger partial charge in [0.05, 0.1) is 22.8 Å². The zero-order chi connectivity index (χ0) is 22.2. The van der Waals surface area contributed by atoms with Crippen LogP contribution in [0.15, 0.2) is 47.6 Å². The van der Waals surface area contributed by atoms with E-state index in [9.17, 15) is 4.79 Å². The first-order valence-corrected chi connectivity index (χ1v) is 11.9. The number of thioether (sulfide) groups is 1. The number of anilines is 1. The molecule has 5 rings (SSSR count). The van der Waals surface area contributed by atoms with Gasteiger partial charge in [0.1, 0.15) is 5.75 Å². The number of methoxy groups -OCH3 is 1. The Morgan fingerprint density at radius 2 is 2.03 bits per heavy atom. The van der Waals surface area contributed by atoms with Gasteiger partial charge in [-0.3, -0.25) is 9.20 Å². The summed E-state index contributed by atoms with van der Waals surface area (Å²) in [7, 11) is 1.63. The molecule has 1 N–H and O–H groups in total. The predicted octanol–water partition coefficient (Wildman–Crippen LogP) is 5.24. The number of hydrogen-bond acceptors (Lipinski definition) is 7. The molecular formula is C23H21N5O2S2. The summed E-state index contributed by atoms with van der Waals surface area (Å²) in [6.45, 7) is 4.18. The van der Waals surface area contributed by atoms with Crippen LogP contribution in [0.3, 0.4) is 0 Å². The van der Waals surface area contributed by atoms with E-state index in [2.05, 4.69) is 56.9 Å². The third-order valence-electron chi connectivity index (χ3n) is 5.29. The van der Waals surface area contributed by atoms with Crippen LogP contribution in [0, 0.1) is 13.8 Å². The third kappa shape index (κ3) is 3.78. The summed E-state index contributed by atoms with van der Waals surface area (Å²) in [5, 5.41) is 14.2. The van der Waals surface area contributed by atoms with E-state index in [1.54, 1.807) is 7.11 Å². The summed E-state index contributed by atoms with van der Waals surface area (Å²) in [5.41, 5.74) is 5.12. The van der Waals surface area contributed by atoms with Gasteiger partial charge in [-0.2, -0.15) is 0 Å². The van der Waals surface area contributed by atoms with Crippen LogP contribution in [-0.2, 0) is 4.79 Å². The lowest BCUT2D eigenvalue weighted by atomic mass is 10.1. The van der Waals surface area contributed by atoms with E-state index in [0.29, 0.717) is 17.3 Å². The maximum atomic E-state index is 12.5. The standard InChI is InChI=1S/C23H21N5O2S2/c1-13-5-4-6-16-14(2)11-19-26-27-23(28(19)21(13)16)31-10-9-20(29)25-22-24-17-8-7-15(30-3)12-18(17)32-22/h4-8,11-12H,9-10H2,1-3H3,(H,24,25,29). The molecule has 3 heterocycles. The van der Waals surface area contributed by atoms with Crippen molar-refractivity contribution in [1.82, 2.24) is 19.6 Å². The first-order valence-electron chi connectivity index (χ1n) is 10.1. The highest BCUT2D eigenvalue weighted by Crippen LogP contribution is 2.30. The van der Waals surface area contributed by atoms with Crippen LogP contribution in [0.4, 0.5) is 5.13 Å². The molecule has 0 fully saturated rings. The Morgan fingerprint density at radius 1 is 1.16 bits per heavy atom.